The molecule has 0 aliphatic carbocycles. The topological polar surface area (TPSA) is 77.3 Å². The Hall–Kier alpha value is -1.73. The molecule has 0 amide bonds. The van der Waals surface area contributed by atoms with E-state index >= 15 is 0 Å². The van der Waals surface area contributed by atoms with Gasteiger partial charge in [-0.2, -0.15) is 0 Å². The molecular weight excluding hydrogens is 266 g/mol. The Labute approximate surface area is 113 Å². The highest BCUT2D eigenvalue weighted by molar-refractivity contribution is 7.20. The van der Waals surface area contributed by atoms with Crippen molar-refractivity contribution in [1.29, 1.82) is 0 Å². The molecule has 0 radical (unpaired) electrons. The number of hydrogen-bond donors (Lipinski definition) is 1. The van der Waals surface area contributed by atoms with Gasteiger partial charge in [0.05, 0.1) is 15.1 Å². The summed E-state index contributed by atoms with van der Waals surface area (Å²) >= 11 is 1.43. The normalized spacial score (nSPS) is 19.5. The fourth-order valence-electron chi connectivity index (χ4n) is 2.12. The first kappa shape index (κ1) is 12.3. The van der Waals surface area contributed by atoms with Crippen LogP contribution >= 0.6 is 11.3 Å². The molecule has 0 saturated carbocycles. The van der Waals surface area contributed by atoms with Crippen molar-refractivity contribution in [1.82, 2.24) is 10.3 Å². The quantitative estimate of drug-likeness (QED) is 0.689. The Balaban J connectivity index is 1.82. The standard InChI is InChI=1S/C12H13N3O3S/c16-15(17)8-3-4-11-10(6-8)14-12(19-11)18-9-2-1-5-13-7-9/h3-4,6,9,13H,1-2,5,7H2/t9-/m0/s1. The number of nitro groups is 1. The molecule has 2 heterocycles. The van der Waals surface area contributed by atoms with E-state index in [2.05, 4.69) is 10.3 Å². The Morgan fingerprint density at radius 3 is 3.16 bits per heavy atom. The summed E-state index contributed by atoms with van der Waals surface area (Å²) in [5.41, 5.74) is 0.682. The third-order valence-corrected chi connectivity index (χ3v) is 4.01. The van der Waals surface area contributed by atoms with Gasteiger partial charge in [0, 0.05) is 18.7 Å². The summed E-state index contributed by atoms with van der Waals surface area (Å²) in [6.07, 6.45) is 2.26. The van der Waals surface area contributed by atoms with Crippen LogP contribution in [-0.2, 0) is 0 Å². The fraction of sp³-hybridized carbons (Fsp3) is 0.417. The van der Waals surface area contributed by atoms with Gasteiger partial charge in [0.25, 0.3) is 10.9 Å². The molecular formula is C12H13N3O3S. The molecule has 3 rings (SSSR count). The summed E-state index contributed by atoms with van der Waals surface area (Å²) in [5.74, 6) is 0. The highest BCUT2D eigenvalue weighted by atomic mass is 32.1. The molecule has 1 fully saturated rings. The van der Waals surface area contributed by atoms with Crippen molar-refractivity contribution >= 4 is 27.2 Å². The molecule has 6 nitrogen and oxygen atoms in total. The number of non-ortho nitro benzene ring substituents is 1. The van der Waals surface area contributed by atoms with Gasteiger partial charge in [0.15, 0.2) is 0 Å². The van der Waals surface area contributed by atoms with Crippen LogP contribution in [0.25, 0.3) is 10.2 Å². The van der Waals surface area contributed by atoms with Gasteiger partial charge in [-0.1, -0.05) is 11.3 Å². The minimum atomic E-state index is -0.412. The van der Waals surface area contributed by atoms with E-state index in [-0.39, 0.29) is 11.8 Å². The van der Waals surface area contributed by atoms with Crippen LogP contribution < -0.4 is 10.1 Å². The second-order valence-electron chi connectivity index (χ2n) is 4.48. The Bertz CT molecular complexity index is 607. The highest BCUT2D eigenvalue weighted by Gasteiger charge is 2.17. The molecule has 100 valence electrons. The zero-order valence-corrected chi connectivity index (χ0v) is 11.0. The van der Waals surface area contributed by atoms with E-state index in [9.17, 15) is 10.1 Å². The number of thiazole rings is 1. The Kier molecular flexibility index (Phi) is 3.31. The minimum absolute atomic E-state index is 0.0590. The van der Waals surface area contributed by atoms with Crippen molar-refractivity contribution in [2.24, 2.45) is 0 Å². The van der Waals surface area contributed by atoms with E-state index in [4.69, 9.17) is 4.74 Å². The number of hydrogen-bond acceptors (Lipinski definition) is 6. The molecule has 1 aliphatic rings. The molecule has 2 aromatic rings. The zero-order chi connectivity index (χ0) is 13.2. The van der Waals surface area contributed by atoms with E-state index in [1.807, 2.05) is 0 Å². The second-order valence-corrected chi connectivity index (χ2v) is 5.47. The predicted octanol–water partition coefficient (Wildman–Crippen LogP) is 2.34. The number of nitro benzene ring substituents is 1. The van der Waals surface area contributed by atoms with Gasteiger partial charge < -0.3 is 10.1 Å². The second kappa shape index (κ2) is 5.10. The predicted molar refractivity (Wildman–Crippen MR) is 72.8 cm³/mol. The summed E-state index contributed by atoms with van der Waals surface area (Å²) < 4.78 is 6.72. The van der Waals surface area contributed by atoms with Crippen molar-refractivity contribution in [3.63, 3.8) is 0 Å². The molecule has 19 heavy (non-hydrogen) atoms. The first-order chi connectivity index (χ1) is 9.22. The summed E-state index contributed by atoms with van der Waals surface area (Å²) in [6, 6.07) is 4.70. The number of nitrogens with one attached hydrogen (secondary N) is 1. The van der Waals surface area contributed by atoms with E-state index in [1.165, 1.54) is 23.5 Å². The van der Waals surface area contributed by atoms with Gasteiger partial charge in [-0.15, -0.1) is 0 Å². The maximum Gasteiger partial charge on any atom is 0.274 e. The number of nitrogens with zero attached hydrogens (tertiary/aromatic N) is 2. The Morgan fingerprint density at radius 1 is 1.53 bits per heavy atom. The van der Waals surface area contributed by atoms with Crippen molar-refractivity contribution in [3.05, 3.63) is 28.3 Å². The first-order valence-corrected chi connectivity index (χ1v) is 6.96. The van der Waals surface area contributed by atoms with Crippen LogP contribution in [0.3, 0.4) is 0 Å². The molecule has 7 heteroatoms. The third-order valence-electron chi connectivity index (χ3n) is 3.08. The van der Waals surface area contributed by atoms with E-state index in [0.29, 0.717) is 10.7 Å². The van der Waals surface area contributed by atoms with Crippen molar-refractivity contribution in [2.75, 3.05) is 13.1 Å². The van der Waals surface area contributed by atoms with Crippen LogP contribution in [0.1, 0.15) is 12.8 Å². The molecule has 1 aliphatic heterocycles. The minimum Gasteiger partial charge on any atom is -0.465 e. The Morgan fingerprint density at radius 2 is 2.42 bits per heavy atom. The monoisotopic (exact) mass is 279 g/mol. The lowest BCUT2D eigenvalue weighted by Crippen LogP contribution is -2.37. The lowest BCUT2D eigenvalue weighted by Gasteiger charge is -2.22. The number of fused-ring (bicyclic) bond motifs is 1. The van der Waals surface area contributed by atoms with Crippen molar-refractivity contribution < 1.29 is 9.66 Å². The summed E-state index contributed by atoms with van der Waals surface area (Å²) in [5, 5.41) is 14.6. The molecule has 0 spiro atoms. The zero-order valence-electron chi connectivity index (χ0n) is 10.2. The maximum absolute atomic E-state index is 10.7. The van der Waals surface area contributed by atoms with Crippen LogP contribution in [0.2, 0.25) is 0 Å². The maximum atomic E-state index is 10.7. The van der Waals surface area contributed by atoms with Gasteiger partial charge in [0.1, 0.15) is 6.10 Å². The molecule has 1 aromatic carbocycles. The summed E-state index contributed by atoms with van der Waals surface area (Å²) in [6.45, 7) is 1.86. The lowest BCUT2D eigenvalue weighted by atomic mass is 10.1. The third kappa shape index (κ3) is 2.66. The molecule has 0 bridgehead atoms. The average Bonchev–Trinajstić information content (AvgIpc) is 2.80. The first-order valence-electron chi connectivity index (χ1n) is 6.15. The largest absolute Gasteiger partial charge is 0.465 e. The SMILES string of the molecule is O=[N+]([O-])c1ccc2sc(O[C@H]3CCCNC3)nc2c1. The highest BCUT2D eigenvalue weighted by Crippen LogP contribution is 2.31. The summed E-state index contributed by atoms with van der Waals surface area (Å²) in [4.78, 5) is 14.6. The molecule has 0 unspecified atom stereocenters. The van der Waals surface area contributed by atoms with Crippen molar-refractivity contribution in [2.45, 2.75) is 18.9 Å². The van der Waals surface area contributed by atoms with Crippen molar-refractivity contribution in [3.8, 4) is 5.19 Å². The van der Waals surface area contributed by atoms with Crippen LogP contribution in [0.15, 0.2) is 18.2 Å². The van der Waals surface area contributed by atoms with Gasteiger partial charge in [-0.25, -0.2) is 4.98 Å². The molecule has 1 N–H and O–H groups in total. The molecule has 1 saturated heterocycles. The van der Waals surface area contributed by atoms with Gasteiger partial charge in [0.2, 0.25) is 0 Å². The fourth-order valence-corrected chi connectivity index (χ4v) is 2.98. The average molecular weight is 279 g/mol. The smallest absolute Gasteiger partial charge is 0.274 e. The lowest BCUT2D eigenvalue weighted by molar-refractivity contribution is -0.384. The number of piperidine rings is 1. The number of rotatable bonds is 3. The molecule has 1 aromatic heterocycles. The number of benzene rings is 1. The van der Waals surface area contributed by atoms with Crippen LogP contribution in [-0.4, -0.2) is 29.1 Å². The van der Waals surface area contributed by atoms with E-state index in [1.54, 1.807) is 6.07 Å². The summed E-state index contributed by atoms with van der Waals surface area (Å²) in [7, 11) is 0. The number of ether oxygens (including phenoxy) is 1. The van der Waals surface area contributed by atoms with Gasteiger partial charge in [-0.3, -0.25) is 10.1 Å². The molecule has 1 atom stereocenters. The van der Waals surface area contributed by atoms with Crippen LogP contribution in [0.4, 0.5) is 5.69 Å². The number of aromatic nitrogens is 1. The van der Waals surface area contributed by atoms with Gasteiger partial charge in [-0.05, 0) is 25.5 Å². The van der Waals surface area contributed by atoms with E-state index < -0.39 is 4.92 Å². The van der Waals surface area contributed by atoms with Crippen LogP contribution in [0, 0.1) is 10.1 Å². The van der Waals surface area contributed by atoms with E-state index in [0.717, 1.165) is 30.6 Å². The van der Waals surface area contributed by atoms with Crippen LogP contribution in [0.5, 0.6) is 5.19 Å². The van der Waals surface area contributed by atoms with Gasteiger partial charge >= 0.3 is 0 Å².